The number of anilines is 1. The lowest BCUT2D eigenvalue weighted by Gasteiger charge is -2.35. The largest absolute Gasteiger partial charge is 0.484 e. The number of hydrogen-bond donors (Lipinski definition) is 0. The summed E-state index contributed by atoms with van der Waals surface area (Å²) >= 11 is 0. The summed E-state index contributed by atoms with van der Waals surface area (Å²) in [5, 5.41) is 10.9. The second-order valence-electron chi connectivity index (χ2n) is 8.77. The number of benzene rings is 2. The number of nitrogens with zero attached hydrogens (tertiary/aromatic N) is 4. The average molecular weight is 447 g/mol. The summed E-state index contributed by atoms with van der Waals surface area (Å²) < 4.78 is 11.7. The van der Waals surface area contributed by atoms with Crippen molar-refractivity contribution in [3.8, 4) is 11.6 Å². The van der Waals surface area contributed by atoms with E-state index in [0.717, 1.165) is 42.5 Å². The Morgan fingerprint density at radius 1 is 0.879 bits per heavy atom. The fourth-order valence-corrected chi connectivity index (χ4v) is 4.58. The van der Waals surface area contributed by atoms with E-state index in [0.29, 0.717) is 24.7 Å². The van der Waals surface area contributed by atoms with E-state index in [-0.39, 0.29) is 18.6 Å². The predicted molar refractivity (Wildman–Crippen MR) is 128 cm³/mol. The highest BCUT2D eigenvalue weighted by Crippen LogP contribution is 2.23. The molecule has 0 radical (unpaired) electrons. The Morgan fingerprint density at radius 2 is 1.67 bits per heavy atom. The van der Waals surface area contributed by atoms with Gasteiger partial charge in [0.25, 0.3) is 5.91 Å². The van der Waals surface area contributed by atoms with E-state index >= 15 is 0 Å². The molecule has 7 nitrogen and oxygen atoms in total. The van der Waals surface area contributed by atoms with Crippen molar-refractivity contribution in [3.63, 3.8) is 0 Å². The van der Waals surface area contributed by atoms with Crippen LogP contribution < -0.4 is 14.4 Å². The number of rotatable bonds is 6. The van der Waals surface area contributed by atoms with Gasteiger partial charge in [0.05, 0.1) is 0 Å². The molecule has 3 aromatic rings. The minimum atomic E-state index is 0.00474. The van der Waals surface area contributed by atoms with E-state index in [1.165, 1.54) is 19.3 Å². The Labute approximate surface area is 194 Å². The average Bonchev–Trinajstić information content (AvgIpc) is 2.88. The van der Waals surface area contributed by atoms with Gasteiger partial charge in [0, 0.05) is 32.2 Å². The van der Waals surface area contributed by atoms with Crippen molar-refractivity contribution in [1.82, 2.24) is 15.1 Å². The predicted octanol–water partition coefficient (Wildman–Crippen LogP) is 4.07. The zero-order valence-electron chi connectivity index (χ0n) is 18.9. The van der Waals surface area contributed by atoms with Crippen molar-refractivity contribution in [3.05, 3.63) is 54.6 Å². The normalized spacial score (nSPS) is 17.2. The van der Waals surface area contributed by atoms with E-state index < -0.39 is 0 Å². The van der Waals surface area contributed by atoms with Crippen molar-refractivity contribution in [2.24, 2.45) is 0 Å². The summed E-state index contributed by atoms with van der Waals surface area (Å²) in [5.74, 6) is 2.15. The Morgan fingerprint density at radius 3 is 2.42 bits per heavy atom. The van der Waals surface area contributed by atoms with Gasteiger partial charge < -0.3 is 19.3 Å². The number of carbonyl (C=O) groups is 1. The van der Waals surface area contributed by atoms with Crippen LogP contribution in [-0.4, -0.2) is 59.9 Å². The molecule has 2 heterocycles. The smallest absolute Gasteiger partial charge is 0.260 e. The lowest BCUT2D eigenvalue weighted by molar-refractivity contribution is -0.133. The van der Waals surface area contributed by atoms with E-state index in [1.54, 1.807) is 0 Å². The number of amides is 1. The number of carbonyl (C=O) groups excluding carboxylic acids is 1. The Bertz CT molecular complexity index is 1070. The summed E-state index contributed by atoms with van der Waals surface area (Å²) in [5.41, 5.74) is 0. The fraction of sp³-hybridized carbons (Fsp3) is 0.423. The Balaban J connectivity index is 1.09. The van der Waals surface area contributed by atoms with Crippen molar-refractivity contribution >= 4 is 22.5 Å². The van der Waals surface area contributed by atoms with Crippen LogP contribution >= 0.6 is 0 Å². The second-order valence-corrected chi connectivity index (χ2v) is 8.77. The molecule has 1 aliphatic heterocycles. The maximum absolute atomic E-state index is 12.6. The van der Waals surface area contributed by atoms with Crippen LogP contribution in [0.5, 0.6) is 11.6 Å². The molecule has 2 aliphatic rings. The van der Waals surface area contributed by atoms with Gasteiger partial charge in [-0.1, -0.05) is 36.8 Å². The van der Waals surface area contributed by atoms with Crippen molar-refractivity contribution < 1.29 is 14.3 Å². The molecule has 5 rings (SSSR count). The van der Waals surface area contributed by atoms with E-state index in [9.17, 15) is 4.79 Å². The molecule has 1 saturated carbocycles. The molecule has 1 amide bonds. The molecule has 0 spiro atoms. The Hall–Kier alpha value is -3.35. The van der Waals surface area contributed by atoms with Crippen LogP contribution in [0.3, 0.4) is 0 Å². The summed E-state index contributed by atoms with van der Waals surface area (Å²) in [6.07, 6.45) is 6.23. The van der Waals surface area contributed by atoms with Gasteiger partial charge in [0.15, 0.2) is 12.4 Å². The monoisotopic (exact) mass is 446 g/mol. The van der Waals surface area contributed by atoms with Gasteiger partial charge in [-0.3, -0.25) is 4.79 Å². The first-order chi connectivity index (χ1) is 16.2. The van der Waals surface area contributed by atoms with Crippen LogP contribution in [0, 0.1) is 0 Å². The number of hydrogen-bond acceptors (Lipinski definition) is 6. The molecule has 0 atom stereocenters. The number of aromatic nitrogens is 2. The second kappa shape index (κ2) is 10.1. The molecule has 0 unspecified atom stereocenters. The number of ether oxygens (including phenoxy) is 2. The maximum atomic E-state index is 12.6. The topological polar surface area (TPSA) is 67.8 Å². The van der Waals surface area contributed by atoms with Gasteiger partial charge in [-0.15, -0.1) is 10.2 Å². The summed E-state index contributed by atoms with van der Waals surface area (Å²) in [6, 6.07) is 17.9. The molecular formula is C26H30N4O3. The van der Waals surface area contributed by atoms with Gasteiger partial charge in [-0.05, 0) is 54.7 Å². The maximum Gasteiger partial charge on any atom is 0.260 e. The lowest BCUT2D eigenvalue weighted by atomic mass is 9.98. The number of piperazine rings is 1. The molecule has 2 aromatic carbocycles. The standard InChI is InChI=1S/C26H30N4O3/c31-26(19-32-23-11-10-20-6-4-5-7-21(20)18-23)30-16-14-29(15-17-30)24-12-13-25(28-27-24)33-22-8-2-1-3-9-22/h4-7,10-13,18,22H,1-3,8-9,14-17,19H2. The molecule has 1 saturated heterocycles. The molecule has 7 heteroatoms. The molecule has 0 bridgehead atoms. The number of fused-ring (bicyclic) bond motifs is 1. The zero-order chi connectivity index (χ0) is 22.5. The Kier molecular flexibility index (Phi) is 6.56. The third-order valence-corrected chi connectivity index (χ3v) is 6.51. The van der Waals surface area contributed by atoms with Gasteiger partial charge >= 0.3 is 0 Å². The van der Waals surface area contributed by atoms with Crippen LogP contribution in [0.15, 0.2) is 54.6 Å². The minimum Gasteiger partial charge on any atom is -0.484 e. The minimum absolute atomic E-state index is 0.00474. The van der Waals surface area contributed by atoms with Gasteiger partial charge in [-0.2, -0.15) is 0 Å². The fourth-order valence-electron chi connectivity index (χ4n) is 4.58. The van der Waals surface area contributed by atoms with Crippen molar-refractivity contribution in [1.29, 1.82) is 0 Å². The molecule has 1 aliphatic carbocycles. The van der Waals surface area contributed by atoms with E-state index in [4.69, 9.17) is 9.47 Å². The van der Waals surface area contributed by atoms with Crippen LogP contribution in [-0.2, 0) is 4.79 Å². The first-order valence-corrected chi connectivity index (χ1v) is 11.9. The summed E-state index contributed by atoms with van der Waals surface area (Å²) in [4.78, 5) is 16.7. The third-order valence-electron chi connectivity index (χ3n) is 6.51. The van der Waals surface area contributed by atoms with Crippen LogP contribution in [0.25, 0.3) is 10.8 Å². The van der Waals surface area contributed by atoms with Crippen molar-refractivity contribution in [2.45, 2.75) is 38.2 Å². The molecule has 1 aromatic heterocycles. The van der Waals surface area contributed by atoms with E-state index in [1.807, 2.05) is 53.4 Å². The highest BCUT2D eigenvalue weighted by molar-refractivity contribution is 5.84. The van der Waals surface area contributed by atoms with Crippen LogP contribution in [0.1, 0.15) is 32.1 Å². The van der Waals surface area contributed by atoms with E-state index in [2.05, 4.69) is 21.2 Å². The molecule has 2 fully saturated rings. The molecular weight excluding hydrogens is 416 g/mol. The third kappa shape index (κ3) is 5.35. The lowest BCUT2D eigenvalue weighted by Crippen LogP contribution is -2.50. The zero-order valence-corrected chi connectivity index (χ0v) is 18.9. The van der Waals surface area contributed by atoms with Crippen LogP contribution in [0.4, 0.5) is 5.82 Å². The van der Waals surface area contributed by atoms with Gasteiger partial charge in [0.1, 0.15) is 11.9 Å². The first kappa shape index (κ1) is 21.5. The molecule has 172 valence electrons. The SMILES string of the molecule is O=C(COc1ccc2ccccc2c1)N1CCN(c2ccc(OC3CCCCC3)nn2)CC1. The quantitative estimate of drug-likeness (QED) is 0.569. The molecule has 0 N–H and O–H groups in total. The first-order valence-electron chi connectivity index (χ1n) is 11.9. The van der Waals surface area contributed by atoms with Gasteiger partial charge in [0.2, 0.25) is 5.88 Å². The summed E-state index contributed by atoms with van der Waals surface area (Å²) in [7, 11) is 0. The molecule has 33 heavy (non-hydrogen) atoms. The van der Waals surface area contributed by atoms with Crippen molar-refractivity contribution in [2.75, 3.05) is 37.7 Å². The summed E-state index contributed by atoms with van der Waals surface area (Å²) in [6.45, 7) is 2.77. The van der Waals surface area contributed by atoms with Gasteiger partial charge in [-0.25, -0.2) is 0 Å². The van der Waals surface area contributed by atoms with Crippen LogP contribution in [0.2, 0.25) is 0 Å². The highest BCUT2D eigenvalue weighted by Gasteiger charge is 2.23. The highest BCUT2D eigenvalue weighted by atomic mass is 16.5.